The summed E-state index contributed by atoms with van der Waals surface area (Å²) in [6.45, 7) is 1.84. The minimum atomic E-state index is -2.03. The van der Waals surface area contributed by atoms with Gasteiger partial charge in [-0.2, -0.15) is 0 Å². The van der Waals surface area contributed by atoms with Crippen molar-refractivity contribution in [2.45, 2.75) is 43.7 Å². The van der Waals surface area contributed by atoms with Crippen molar-refractivity contribution in [3.63, 3.8) is 0 Å². The van der Waals surface area contributed by atoms with Crippen LogP contribution in [0.1, 0.15) is 49.5 Å². The van der Waals surface area contributed by atoms with Crippen molar-refractivity contribution in [2.24, 2.45) is 5.92 Å². The van der Waals surface area contributed by atoms with Crippen molar-refractivity contribution in [2.75, 3.05) is 0 Å². The summed E-state index contributed by atoms with van der Waals surface area (Å²) in [5.74, 6) is 0.0324. The second-order valence-electron chi connectivity index (χ2n) is 6.66. The lowest BCUT2D eigenvalue weighted by molar-refractivity contribution is -0.136. The molecule has 0 saturated heterocycles. The fourth-order valence-corrected chi connectivity index (χ4v) is 3.62. The zero-order chi connectivity index (χ0) is 16.9. The number of rotatable bonds is 5. The molecule has 2 aliphatic carbocycles. The second-order valence-corrected chi connectivity index (χ2v) is 6.66. The summed E-state index contributed by atoms with van der Waals surface area (Å²) in [6, 6.07) is 7.34. The van der Waals surface area contributed by atoms with Gasteiger partial charge in [0.1, 0.15) is 0 Å². The van der Waals surface area contributed by atoms with Crippen LogP contribution in [-0.4, -0.2) is 21.8 Å². The second kappa shape index (κ2) is 5.41. The maximum Gasteiger partial charge on any atom is 0.281 e. The van der Waals surface area contributed by atoms with Gasteiger partial charge in [0.25, 0.3) is 5.91 Å². The lowest BCUT2D eigenvalue weighted by Gasteiger charge is -2.06. The van der Waals surface area contributed by atoms with Crippen molar-refractivity contribution in [1.29, 1.82) is 0 Å². The molecule has 3 atom stereocenters. The molecule has 1 amide bonds. The Morgan fingerprint density at radius 1 is 1.42 bits per heavy atom. The highest BCUT2D eigenvalue weighted by Gasteiger charge is 2.70. The van der Waals surface area contributed by atoms with E-state index in [0.29, 0.717) is 18.1 Å². The van der Waals surface area contributed by atoms with Crippen molar-refractivity contribution in [1.82, 2.24) is 10.5 Å². The number of hydrogen-bond donors (Lipinski definition) is 2. The Kier molecular flexibility index (Phi) is 3.46. The first-order chi connectivity index (χ1) is 11.6. The summed E-state index contributed by atoms with van der Waals surface area (Å²) in [6.07, 6.45) is 4.51. The van der Waals surface area contributed by atoms with Gasteiger partial charge >= 0.3 is 0 Å². The maximum absolute atomic E-state index is 14.8. The van der Waals surface area contributed by atoms with Gasteiger partial charge in [-0.05, 0) is 24.8 Å². The number of carbonyl (C=O) groups excluding carboxylic acids is 1. The SMILES string of the molecule is CCC1C(c2ccc(-c3cnc(C4CC4)o3)cc2)C1(F)C(=O)NO. The van der Waals surface area contributed by atoms with Crippen LogP contribution in [-0.2, 0) is 4.79 Å². The highest BCUT2D eigenvalue weighted by molar-refractivity contribution is 5.90. The van der Waals surface area contributed by atoms with E-state index in [4.69, 9.17) is 9.62 Å². The summed E-state index contributed by atoms with van der Waals surface area (Å²) in [4.78, 5) is 16.0. The normalized spacial score (nSPS) is 28.6. The van der Waals surface area contributed by atoms with Gasteiger partial charge in [-0.25, -0.2) is 14.9 Å². The van der Waals surface area contributed by atoms with Crippen molar-refractivity contribution in [3.05, 3.63) is 41.9 Å². The molecule has 2 saturated carbocycles. The van der Waals surface area contributed by atoms with Crippen LogP contribution in [0.25, 0.3) is 11.3 Å². The molecule has 2 fully saturated rings. The van der Waals surface area contributed by atoms with Gasteiger partial charge in [-0.1, -0.05) is 31.2 Å². The first-order valence-electron chi connectivity index (χ1n) is 8.29. The Morgan fingerprint density at radius 3 is 2.71 bits per heavy atom. The smallest absolute Gasteiger partial charge is 0.281 e. The van der Waals surface area contributed by atoms with Crippen LogP contribution in [0, 0.1) is 5.92 Å². The highest BCUT2D eigenvalue weighted by Crippen LogP contribution is 2.62. The average Bonchev–Trinajstić information content (AvgIpc) is 3.50. The standard InChI is InChI=1S/C18H19FN2O3/c1-2-13-15(18(13,19)17(22)21-23)11-5-3-10(4-6-11)14-9-20-16(24-14)12-7-8-12/h3-6,9,12-13,15,23H,2,7-8H2,1H3,(H,21,22). The predicted octanol–water partition coefficient (Wildman–Crippen LogP) is 3.56. The minimum Gasteiger partial charge on any atom is -0.440 e. The van der Waals surface area contributed by atoms with E-state index in [0.717, 1.165) is 29.9 Å². The van der Waals surface area contributed by atoms with Gasteiger partial charge in [-0.15, -0.1) is 0 Å². The molecular weight excluding hydrogens is 311 g/mol. The Labute approximate surface area is 138 Å². The third-order valence-corrected chi connectivity index (χ3v) is 5.18. The fraction of sp³-hybridized carbons (Fsp3) is 0.444. The van der Waals surface area contributed by atoms with E-state index >= 15 is 0 Å². The van der Waals surface area contributed by atoms with Gasteiger partial charge in [-0.3, -0.25) is 10.0 Å². The first kappa shape index (κ1) is 15.3. The molecule has 2 N–H and O–H groups in total. The molecule has 1 aromatic carbocycles. The molecule has 24 heavy (non-hydrogen) atoms. The summed E-state index contributed by atoms with van der Waals surface area (Å²) in [7, 11) is 0. The van der Waals surface area contributed by atoms with Crippen LogP contribution in [0.4, 0.5) is 4.39 Å². The zero-order valence-electron chi connectivity index (χ0n) is 13.3. The third kappa shape index (κ3) is 2.24. The number of hydroxylamine groups is 1. The topological polar surface area (TPSA) is 75.4 Å². The Balaban J connectivity index is 1.56. The lowest BCUT2D eigenvalue weighted by atomic mass is 10.0. The van der Waals surface area contributed by atoms with Crippen molar-refractivity contribution >= 4 is 5.91 Å². The van der Waals surface area contributed by atoms with Crippen molar-refractivity contribution < 1.29 is 18.8 Å². The lowest BCUT2D eigenvalue weighted by Crippen LogP contribution is -2.33. The van der Waals surface area contributed by atoms with E-state index in [9.17, 15) is 9.18 Å². The molecule has 0 bridgehead atoms. The molecule has 5 nitrogen and oxygen atoms in total. The van der Waals surface area contributed by atoms with E-state index in [2.05, 4.69) is 4.98 Å². The molecule has 3 unspecified atom stereocenters. The fourth-order valence-electron chi connectivity index (χ4n) is 3.62. The third-order valence-electron chi connectivity index (χ3n) is 5.18. The molecule has 6 heteroatoms. The zero-order valence-corrected chi connectivity index (χ0v) is 13.3. The molecule has 4 rings (SSSR count). The number of benzene rings is 1. The quantitative estimate of drug-likeness (QED) is 0.649. The number of amides is 1. The number of nitrogens with one attached hydrogen (secondary N) is 1. The van der Waals surface area contributed by atoms with Crippen LogP contribution < -0.4 is 5.48 Å². The molecular formula is C18H19FN2O3. The molecule has 0 spiro atoms. The van der Waals surface area contributed by atoms with Crippen molar-refractivity contribution in [3.8, 4) is 11.3 Å². The van der Waals surface area contributed by atoms with Crippen LogP contribution in [0.15, 0.2) is 34.9 Å². The molecule has 126 valence electrons. The summed E-state index contributed by atoms with van der Waals surface area (Å²) in [5, 5.41) is 8.77. The monoisotopic (exact) mass is 330 g/mol. The number of hydrogen-bond acceptors (Lipinski definition) is 4. The van der Waals surface area contributed by atoms with E-state index in [-0.39, 0.29) is 0 Å². The number of halogens is 1. The maximum atomic E-state index is 14.8. The van der Waals surface area contributed by atoms with Crippen LogP contribution in [0.3, 0.4) is 0 Å². The summed E-state index contributed by atoms with van der Waals surface area (Å²) in [5.41, 5.74) is 1.05. The summed E-state index contributed by atoms with van der Waals surface area (Å²) >= 11 is 0. The first-order valence-corrected chi connectivity index (χ1v) is 8.29. The molecule has 1 heterocycles. The van der Waals surface area contributed by atoms with E-state index in [1.165, 1.54) is 5.48 Å². The van der Waals surface area contributed by atoms with Gasteiger partial charge in [0.15, 0.2) is 11.7 Å². The van der Waals surface area contributed by atoms with E-state index in [1.807, 2.05) is 31.2 Å². The average molecular weight is 330 g/mol. The Hall–Kier alpha value is -2.21. The highest BCUT2D eigenvalue weighted by atomic mass is 19.1. The largest absolute Gasteiger partial charge is 0.440 e. The number of oxazole rings is 1. The number of aromatic nitrogens is 1. The molecule has 0 aliphatic heterocycles. The summed E-state index contributed by atoms with van der Waals surface area (Å²) < 4.78 is 20.6. The molecule has 1 aromatic heterocycles. The molecule has 2 aliphatic rings. The van der Waals surface area contributed by atoms with Gasteiger partial charge in [0.05, 0.1) is 6.20 Å². The van der Waals surface area contributed by atoms with Crippen LogP contribution in [0.5, 0.6) is 0 Å². The Morgan fingerprint density at radius 2 is 2.12 bits per heavy atom. The van der Waals surface area contributed by atoms with Gasteiger partial charge < -0.3 is 4.42 Å². The number of alkyl halides is 1. The van der Waals surface area contributed by atoms with Gasteiger partial charge in [0, 0.05) is 23.3 Å². The Bertz CT molecular complexity index is 769. The molecule has 2 aromatic rings. The van der Waals surface area contributed by atoms with E-state index in [1.54, 1.807) is 6.20 Å². The van der Waals surface area contributed by atoms with Crippen LogP contribution in [0.2, 0.25) is 0 Å². The number of carbonyl (C=O) groups is 1. The van der Waals surface area contributed by atoms with Gasteiger partial charge in [0.2, 0.25) is 5.67 Å². The predicted molar refractivity (Wildman–Crippen MR) is 84.2 cm³/mol. The number of nitrogens with zero attached hydrogens (tertiary/aromatic N) is 1. The molecule has 0 radical (unpaired) electrons. The van der Waals surface area contributed by atoms with Crippen LogP contribution >= 0.6 is 0 Å². The minimum absolute atomic E-state index is 0.415. The van der Waals surface area contributed by atoms with E-state index < -0.39 is 23.4 Å².